The summed E-state index contributed by atoms with van der Waals surface area (Å²) in [6.07, 6.45) is 1.07. The number of hydroxylamine groups is 2. The summed E-state index contributed by atoms with van der Waals surface area (Å²) < 4.78 is 0. The largest absolute Gasteiger partial charge is 0.872 e. The molecule has 0 saturated carbocycles. The Morgan fingerprint density at radius 2 is 2.33 bits per heavy atom. The van der Waals surface area contributed by atoms with Gasteiger partial charge in [-0.1, -0.05) is 23.9 Å². The first kappa shape index (κ1) is 8.42. The number of rotatable bonds is 3. The van der Waals surface area contributed by atoms with Crippen LogP contribution in [0.1, 0.15) is 0 Å². The van der Waals surface area contributed by atoms with Gasteiger partial charge < -0.3 is 9.94 Å². The van der Waals surface area contributed by atoms with Crippen LogP contribution in [-0.2, 0) is 0 Å². The molecule has 0 unspecified atom stereocenters. The van der Waals surface area contributed by atoms with Gasteiger partial charge in [0, 0.05) is 0 Å². The third kappa shape index (κ3) is 2.17. The molecule has 1 aromatic carbocycles. The molecule has 4 heteroatoms. The van der Waals surface area contributed by atoms with Crippen LogP contribution in [0.15, 0.2) is 37.0 Å². The average Bonchev–Trinajstić information content (AvgIpc) is 2.04. The summed E-state index contributed by atoms with van der Waals surface area (Å²) in [6.45, 7) is 3.25. The van der Waals surface area contributed by atoms with Gasteiger partial charge in [0.15, 0.2) is 5.75 Å². The second-order valence-corrected chi connectivity index (χ2v) is 2.05. The lowest BCUT2D eigenvalue weighted by Crippen LogP contribution is -2.15. The van der Waals surface area contributed by atoms with E-state index in [0.717, 1.165) is 6.20 Å². The molecule has 0 spiro atoms. The highest BCUT2D eigenvalue weighted by atomic mass is 16.9. The molecule has 0 amide bonds. The molecule has 0 bridgehead atoms. The molecule has 64 valence electrons. The van der Waals surface area contributed by atoms with Crippen LogP contribution in [0.2, 0.25) is 0 Å². The fourth-order valence-electron chi connectivity index (χ4n) is 0.676. The Balaban J connectivity index is 2.69. The van der Waals surface area contributed by atoms with Crippen LogP contribution in [0.5, 0.6) is 11.5 Å². The van der Waals surface area contributed by atoms with Crippen LogP contribution in [0.3, 0.4) is 0 Å². The summed E-state index contributed by atoms with van der Waals surface area (Å²) in [5, 5.41) is 20.0. The minimum Gasteiger partial charge on any atom is -0.872 e. The monoisotopic (exact) mass is 166 g/mol. The Labute approximate surface area is 69.8 Å². The summed E-state index contributed by atoms with van der Waals surface area (Å²) in [7, 11) is 0. The summed E-state index contributed by atoms with van der Waals surface area (Å²) >= 11 is 0. The molecule has 0 radical (unpaired) electrons. The predicted octanol–water partition coefficient (Wildman–Crippen LogP) is 0.889. The Morgan fingerprint density at radius 3 is 2.92 bits per heavy atom. The van der Waals surface area contributed by atoms with Gasteiger partial charge in [-0.15, -0.1) is 5.75 Å². The first-order valence-corrected chi connectivity index (χ1v) is 3.28. The lowest BCUT2D eigenvalue weighted by molar-refractivity contribution is -0.269. The zero-order valence-electron chi connectivity index (χ0n) is 6.30. The lowest BCUT2D eigenvalue weighted by Gasteiger charge is -2.13. The van der Waals surface area contributed by atoms with E-state index in [1.54, 1.807) is 6.07 Å². The quantitative estimate of drug-likeness (QED) is 0.677. The van der Waals surface area contributed by atoms with E-state index in [2.05, 4.69) is 6.58 Å². The normalized spacial score (nSPS) is 9.08. The van der Waals surface area contributed by atoms with Crippen molar-refractivity contribution < 1.29 is 15.2 Å². The molecule has 0 aliphatic carbocycles. The lowest BCUT2D eigenvalue weighted by atomic mass is 10.3. The molecule has 0 aromatic heterocycles. The standard InChI is InChI=1S/C8H9NO3/c1-2-9(11)12-8-5-3-4-7(10)6-8/h2-6,10-11H,1H2/p-1. The molecule has 1 N–H and O–H groups in total. The summed E-state index contributed by atoms with van der Waals surface area (Å²) in [5.74, 6) is 0.0925. The van der Waals surface area contributed by atoms with Gasteiger partial charge in [0.05, 0.1) is 6.20 Å². The SMILES string of the molecule is C=CN(O)Oc1cccc([O-])c1. The van der Waals surface area contributed by atoms with Gasteiger partial charge in [-0.2, -0.15) is 0 Å². The maximum atomic E-state index is 10.8. The topological polar surface area (TPSA) is 55.8 Å². The fraction of sp³-hybridized carbons (Fsp3) is 0. The smallest absolute Gasteiger partial charge is 0.157 e. The van der Waals surface area contributed by atoms with Gasteiger partial charge in [-0.25, -0.2) is 0 Å². The highest BCUT2D eigenvalue weighted by Crippen LogP contribution is 2.15. The van der Waals surface area contributed by atoms with Crippen molar-refractivity contribution in [1.82, 2.24) is 5.23 Å². The van der Waals surface area contributed by atoms with E-state index in [9.17, 15) is 5.11 Å². The fourth-order valence-corrected chi connectivity index (χ4v) is 0.676. The van der Waals surface area contributed by atoms with E-state index in [-0.39, 0.29) is 11.5 Å². The average molecular weight is 166 g/mol. The van der Waals surface area contributed by atoms with Crippen LogP contribution in [-0.4, -0.2) is 10.4 Å². The molecule has 12 heavy (non-hydrogen) atoms. The van der Waals surface area contributed by atoms with Crippen LogP contribution < -0.4 is 9.94 Å². The van der Waals surface area contributed by atoms with Gasteiger partial charge >= 0.3 is 0 Å². The molecule has 0 atom stereocenters. The van der Waals surface area contributed by atoms with Gasteiger partial charge in [0.2, 0.25) is 0 Å². The second kappa shape index (κ2) is 3.64. The van der Waals surface area contributed by atoms with Crippen LogP contribution in [0, 0.1) is 0 Å². The molecule has 1 rings (SSSR count). The van der Waals surface area contributed by atoms with E-state index in [1.807, 2.05) is 0 Å². The molecular formula is C8H8NO3-. The van der Waals surface area contributed by atoms with Crippen molar-refractivity contribution in [3.8, 4) is 11.5 Å². The van der Waals surface area contributed by atoms with Gasteiger partial charge in [0.25, 0.3) is 0 Å². The summed E-state index contributed by atoms with van der Waals surface area (Å²) in [4.78, 5) is 4.72. The number of hydrogen-bond acceptors (Lipinski definition) is 4. The molecule has 0 saturated heterocycles. The Hall–Kier alpha value is -1.68. The molecule has 1 aromatic rings. The van der Waals surface area contributed by atoms with Crippen molar-refractivity contribution in [1.29, 1.82) is 0 Å². The predicted molar refractivity (Wildman–Crippen MR) is 40.3 cm³/mol. The molecule has 0 heterocycles. The maximum absolute atomic E-state index is 10.8. The van der Waals surface area contributed by atoms with Gasteiger partial charge in [-0.3, -0.25) is 5.21 Å². The molecule has 0 fully saturated rings. The highest BCUT2D eigenvalue weighted by molar-refractivity contribution is 5.30. The Morgan fingerprint density at radius 1 is 1.58 bits per heavy atom. The van der Waals surface area contributed by atoms with E-state index in [0.29, 0.717) is 5.23 Å². The first-order chi connectivity index (χ1) is 5.72. The highest BCUT2D eigenvalue weighted by Gasteiger charge is 1.94. The van der Waals surface area contributed by atoms with Crippen LogP contribution in [0.25, 0.3) is 0 Å². The van der Waals surface area contributed by atoms with Gasteiger partial charge in [-0.05, 0) is 12.1 Å². The number of hydrogen-bond donors (Lipinski definition) is 1. The van der Waals surface area contributed by atoms with Crippen molar-refractivity contribution in [2.75, 3.05) is 0 Å². The minimum atomic E-state index is -0.176. The van der Waals surface area contributed by atoms with E-state index < -0.39 is 0 Å². The zero-order valence-corrected chi connectivity index (χ0v) is 6.30. The molecule has 0 aliphatic rings. The van der Waals surface area contributed by atoms with E-state index in [4.69, 9.17) is 10.0 Å². The van der Waals surface area contributed by atoms with Crippen molar-refractivity contribution in [3.63, 3.8) is 0 Å². The third-order valence-electron chi connectivity index (χ3n) is 1.16. The van der Waals surface area contributed by atoms with E-state index >= 15 is 0 Å². The second-order valence-electron chi connectivity index (χ2n) is 2.05. The summed E-state index contributed by atoms with van der Waals surface area (Å²) in [6, 6.07) is 5.73. The van der Waals surface area contributed by atoms with Crippen LogP contribution >= 0.6 is 0 Å². The Bertz CT molecular complexity index is 275. The van der Waals surface area contributed by atoms with Crippen LogP contribution in [0.4, 0.5) is 0 Å². The van der Waals surface area contributed by atoms with Crippen molar-refractivity contribution in [3.05, 3.63) is 37.0 Å². The minimum absolute atomic E-state index is 0.176. The van der Waals surface area contributed by atoms with E-state index in [1.165, 1.54) is 18.2 Å². The first-order valence-electron chi connectivity index (χ1n) is 3.28. The zero-order chi connectivity index (χ0) is 8.97. The Kier molecular flexibility index (Phi) is 2.55. The van der Waals surface area contributed by atoms with Gasteiger partial charge in [0.1, 0.15) is 0 Å². The summed E-state index contributed by atoms with van der Waals surface area (Å²) in [5.41, 5.74) is 0. The molecule has 0 aliphatic heterocycles. The number of nitrogens with zero attached hydrogens (tertiary/aromatic N) is 1. The molecular weight excluding hydrogens is 158 g/mol. The van der Waals surface area contributed by atoms with Crippen molar-refractivity contribution in [2.45, 2.75) is 0 Å². The van der Waals surface area contributed by atoms with Crippen molar-refractivity contribution in [2.24, 2.45) is 0 Å². The number of benzene rings is 1. The maximum Gasteiger partial charge on any atom is 0.157 e. The van der Waals surface area contributed by atoms with Crippen molar-refractivity contribution >= 4 is 0 Å². The molecule has 4 nitrogen and oxygen atoms in total. The third-order valence-corrected chi connectivity index (χ3v) is 1.16.